The van der Waals surface area contributed by atoms with Crippen LogP contribution in [0.3, 0.4) is 0 Å². The molecule has 0 unspecified atom stereocenters. The lowest BCUT2D eigenvalue weighted by Crippen LogP contribution is -2.15. The average Bonchev–Trinajstić information content (AvgIpc) is 2.96. The summed E-state index contributed by atoms with van der Waals surface area (Å²) in [6.45, 7) is 0. The van der Waals surface area contributed by atoms with Gasteiger partial charge in [-0.05, 0) is 59.7 Å². The van der Waals surface area contributed by atoms with Crippen LogP contribution < -0.4 is 29.0 Å². The molecule has 0 radical (unpaired) electrons. The molecule has 0 fully saturated rings. The van der Waals surface area contributed by atoms with Gasteiger partial charge < -0.3 is 29.0 Å². The predicted octanol–water partition coefficient (Wildman–Crippen LogP) is 5.84. The van der Waals surface area contributed by atoms with E-state index in [4.69, 9.17) is 23.7 Å². The first-order valence-corrected chi connectivity index (χ1v) is 13.0. The largest absolute Gasteiger partial charge is 0.496 e. The Balaban J connectivity index is 1.78. The summed E-state index contributed by atoms with van der Waals surface area (Å²) in [6.07, 6.45) is 4.13. The third kappa shape index (κ3) is 5.43. The molecular weight excluding hydrogens is 504 g/mol. The Hall–Kier alpha value is -4.11. The highest BCUT2D eigenvalue weighted by atomic mass is 32.2. The van der Waals surface area contributed by atoms with Crippen molar-refractivity contribution in [3.05, 3.63) is 71.5 Å². The van der Waals surface area contributed by atoms with Crippen LogP contribution in [0.2, 0.25) is 0 Å². The van der Waals surface area contributed by atoms with Crippen molar-refractivity contribution in [3.8, 4) is 28.7 Å². The van der Waals surface area contributed by atoms with Crippen LogP contribution >= 0.6 is 11.8 Å². The maximum absolute atomic E-state index is 13.4. The van der Waals surface area contributed by atoms with Gasteiger partial charge in [-0.1, -0.05) is 0 Å². The predicted molar refractivity (Wildman–Crippen MR) is 150 cm³/mol. The topological polar surface area (TPSA) is 88.1 Å². The number of pyridine rings is 1. The molecular formula is C29H30N2O6S. The Morgan fingerprint density at radius 3 is 2.08 bits per heavy atom. The molecule has 1 heterocycles. The standard InChI is InChI=1S/C29H30N2O6S/c1-33-24-14-19(38-6)7-8-20(24)29(32)31-22-16-28(37-5)26(35-3)13-18(22)11-23-21-15-27(36-4)25(34-2)12-17(21)9-10-30-23/h7-10,12-16H,11H2,1-6H3,(H,31,32). The maximum Gasteiger partial charge on any atom is 0.259 e. The van der Waals surface area contributed by atoms with Crippen LogP contribution in [0.5, 0.6) is 28.7 Å². The van der Waals surface area contributed by atoms with Gasteiger partial charge >= 0.3 is 0 Å². The number of carbonyl (C=O) groups excluding carboxylic acids is 1. The molecule has 3 aromatic carbocycles. The average molecular weight is 535 g/mol. The van der Waals surface area contributed by atoms with Crippen LogP contribution in [0.4, 0.5) is 5.69 Å². The van der Waals surface area contributed by atoms with Gasteiger partial charge in [0.2, 0.25) is 0 Å². The number of hydrogen-bond donors (Lipinski definition) is 1. The summed E-state index contributed by atoms with van der Waals surface area (Å²) in [6, 6.07) is 14.8. The Morgan fingerprint density at radius 1 is 0.789 bits per heavy atom. The summed E-state index contributed by atoms with van der Waals surface area (Å²) < 4.78 is 27.6. The number of ether oxygens (including phenoxy) is 5. The van der Waals surface area contributed by atoms with E-state index in [9.17, 15) is 4.79 Å². The summed E-state index contributed by atoms with van der Waals surface area (Å²) >= 11 is 1.58. The Bertz CT molecular complexity index is 1470. The number of anilines is 1. The van der Waals surface area contributed by atoms with Crippen LogP contribution in [0.1, 0.15) is 21.6 Å². The smallest absolute Gasteiger partial charge is 0.259 e. The van der Waals surface area contributed by atoms with Crippen molar-refractivity contribution in [2.75, 3.05) is 47.1 Å². The van der Waals surface area contributed by atoms with Gasteiger partial charge in [0, 0.05) is 34.7 Å². The van der Waals surface area contributed by atoms with Crippen LogP contribution in [0.15, 0.2) is 59.6 Å². The van der Waals surface area contributed by atoms with E-state index in [0.29, 0.717) is 46.4 Å². The number of hydrogen-bond acceptors (Lipinski definition) is 8. The molecule has 0 atom stereocenters. The Kier molecular flexibility index (Phi) is 8.48. The summed E-state index contributed by atoms with van der Waals surface area (Å²) in [5.74, 6) is 2.47. The van der Waals surface area contributed by atoms with Crippen LogP contribution in [-0.4, -0.2) is 52.7 Å². The van der Waals surface area contributed by atoms with Gasteiger partial charge in [-0.25, -0.2) is 0 Å². The van der Waals surface area contributed by atoms with E-state index in [1.807, 2.05) is 42.7 Å². The number of fused-ring (bicyclic) bond motifs is 1. The van der Waals surface area contributed by atoms with Crippen molar-refractivity contribution in [3.63, 3.8) is 0 Å². The first kappa shape index (κ1) is 26.9. The monoisotopic (exact) mass is 534 g/mol. The molecule has 0 spiro atoms. The number of carbonyl (C=O) groups is 1. The molecule has 0 saturated carbocycles. The van der Waals surface area contributed by atoms with E-state index >= 15 is 0 Å². The van der Waals surface area contributed by atoms with E-state index < -0.39 is 0 Å². The van der Waals surface area contributed by atoms with Crippen molar-refractivity contribution < 1.29 is 28.5 Å². The molecule has 1 aromatic heterocycles. The molecule has 0 bridgehead atoms. The lowest BCUT2D eigenvalue weighted by Gasteiger charge is -2.17. The maximum atomic E-state index is 13.4. The van der Waals surface area contributed by atoms with E-state index in [-0.39, 0.29) is 5.91 Å². The van der Waals surface area contributed by atoms with Gasteiger partial charge in [0.1, 0.15) is 5.75 Å². The summed E-state index contributed by atoms with van der Waals surface area (Å²) in [4.78, 5) is 19.1. The molecule has 0 aliphatic heterocycles. The number of rotatable bonds is 10. The number of benzene rings is 3. The highest BCUT2D eigenvalue weighted by Gasteiger charge is 2.19. The molecule has 38 heavy (non-hydrogen) atoms. The zero-order chi connectivity index (χ0) is 27.2. The normalized spacial score (nSPS) is 10.7. The van der Waals surface area contributed by atoms with Crippen molar-refractivity contribution in [2.24, 2.45) is 0 Å². The van der Waals surface area contributed by atoms with Crippen molar-refractivity contribution >= 4 is 34.1 Å². The second kappa shape index (κ2) is 12.0. The zero-order valence-electron chi connectivity index (χ0n) is 22.2. The van der Waals surface area contributed by atoms with Crippen LogP contribution in [-0.2, 0) is 6.42 Å². The summed E-state index contributed by atoms with van der Waals surface area (Å²) in [7, 11) is 7.88. The van der Waals surface area contributed by atoms with Crippen molar-refractivity contribution in [1.82, 2.24) is 4.98 Å². The van der Waals surface area contributed by atoms with Gasteiger partial charge in [0.15, 0.2) is 23.0 Å². The third-order valence-electron chi connectivity index (χ3n) is 6.22. The fraction of sp³-hybridized carbons (Fsp3) is 0.241. The second-order valence-corrected chi connectivity index (χ2v) is 9.13. The van der Waals surface area contributed by atoms with Gasteiger partial charge in [0.25, 0.3) is 5.91 Å². The molecule has 8 nitrogen and oxygen atoms in total. The fourth-order valence-electron chi connectivity index (χ4n) is 4.24. The minimum Gasteiger partial charge on any atom is -0.496 e. The minimum atomic E-state index is -0.305. The second-order valence-electron chi connectivity index (χ2n) is 8.25. The molecule has 1 N–H and O–H groups in total. The Labute approximate surface area is 226 Å². The van der Waals surface area contributed by atoms with E-state index in [1.165, 1.54) is 0 Å². The molecule has 0 saturated heterocycles. The molecule has 198 valence electrons. The van der Waals surface area contributed by atoms with Gasteiger partial charge in [-0.15, -0.1) is 11.8 Å². The van der Waals surface area contributed by atoms with E-state index in [0.717, 1.165) is 26.9 Å². The lowest BCUT2D eigenvalue weighted by molar-refractivity contribution is 0.102. The molecule has 9 heteroatoms. The molecule has 0 aliphatic carbocycles. The SMILES string of the molecule is COc1cc(Cc2nccc3cc(OC)c(OC)cc23)c(NC(=O)c2ccc(SC)cc2OC)cc1OC. The number of amides is 1. The van der Waals surface area contributed by atoms with Crippen molar-refractivity contribution in [1.29, 1.82) is 0 Å². The quantitative estimate of drug-likeness (QED) is 0.254. The highest BCUT2D eigenvalue weighted by Crippen LogP contribution is 2.37. The number of aromatic nitrogens is 1. The zero-order valence-corrected chi connectivity index (χ0v) is 23.0. The van der Waals surface area contributed by atoms with Gasteiger partial charge in [-0.3, -0.25) is 9.78 Å². The number of methoxy groups -OCH3 is 5. The van der Waals surface area contributed by atoms with Gasteiger partial charge in [-0.2, -0.15) is 0 Å². The first-order chi connectivity index (χ1) is 18.5. The summed E-state index contributed by atoms with van der Waals surface area (Å²) in [5, 5.41) is 4.91. The molecule has 1 amide bonds. The molecule has 4 rings (SSSR count). The first-order valence-electron chi connectivity index (χ1n) is 11.7. The fourth-order valence-corrected chi connectivity index (χ4v) is 4.67. The van der Waals surface area contributed by atoms with Crippen LogP contribution in [0, 0.1) is 0 Å². The number of nitrogens with one attached hydrogen (secondary N) is 1. The van der Waals surface area contributed by atoms with E-state index in [1.54, 1.807) is 65.6 Å². The van der Waals surface area contributed by atoms with Crippen molar-refractivity contribution in [2.45, 2.75) is 11.3 Å². The molecule has 4 aromatic rings. The number of nitrogens with zero attached hydrogens (tertiary/aromatic N) is 1. The summed E-state index contributed by atoms with van der Waals surface area (Å²) in [5.41, 5.74) is 2.59. The Morgan fingerprint density at radius 2 is 1.42 bits per heavy atom. The highest BCUT2D eigenvalue weighted by molar-refractivity contribution is 7.98. The molecule has 0 aliphatic rings. The minimum absolute atomic E-state index is 0.305. The number of thioether (sulfide) groups is 1. The lowest BCUT2D eigenvalue weighted by atomic mass is 10.0. The van der Waals surface area contributed by atoms with Crippen LogP contribution in [0.25, 0.3) is 10.8 Å². The third-order valence-corrected chi connectivity index (χ3v) is 6.95. The van der Waals surface area contributed by atoms with E-state index in [2.05, 4.69) is 10.3 Å². The van der Waals surface area contributed by atoms with Gasteiger partial charge in [0.05, 0.1) is 46.8 Å².